The number of nitrogens with one attached hydrogen (secondary N) is 3. The third-order valence-electron chi connectivity index (χ3n) is 9.15. The van der Waals surface area contributed by atoms with Crippen LogP contribution in [0.4, 0.5) is 4.79 Å². The topological polar surface area (TPSA) is 121 Å². The number of ether oxygens (including phenoxy) is 2. The van der Waals surface area contributed by atoms with Gasteiger partial charge in [0.1, 0.15) is 0 Å². The summed E-state index contributed by atoms with van der Waals surface area (Å²) in [6.07, 6.45) is 0.948. The van der Waals surface area contributed by atoms with Crippen LogP contribution < -0.4 is 16.3 Å². The maximum atomic E-state index is 12.8. The number of likely N-dealkylation sites (tertiary alicyclic amines) is 1. The van der Waals surface area contributed by atoms with Gasteiger partial charge in [0.2, 0.25) is 0 Å². The molecule has 10 heteroatoms. The Morgan fingerprint density at radius 2 is 1.62 bits per heavy atom. The molecule has 0 bridgehead atoms. The van der Waals surface area contributed by atoms with E-state index in [1.807, 2.05) is 84.3 Å². The zero-order valence-corrected chi connectivity index (χ0v) is 25.9. The van der Waals surface area contributed by atoms with Crippen molar-refractivity contribution in [2.75, 3.05) is 26.2 Å². The van der Waals surface area contributed by atoms with Crippen molar-refractivity contribution in [2.45, 2.75) is 64.4 Å². The zero-order chi connectivity index (χ0) is 31.3. The van der Waals surface area contributed by atoms with Gasteiger partial charge in [0.15, 0.2) is 6.29 Å². The van der Waals surface area contributed by atoms with Crippen molar-refractivity contribution in [1.29, 1.82) is 0 Å². The van der Waals surface area contributed by atoms with E-state index < -0.39 is 6.29 Å². The second-order valence-electron chi connectivity index (χ2n) is 12.1. The molecule has 1 aromatic heterocycles. The molecule has 4 N–H and O–H groups in total. The number of piperidine rings is 1. The van der Waals surface area contributed by atoms with Gasteiger partial charge in [0.25, 0.3) is 0 Å². The van der Waals surface area contributed by atoms with Gasteiger partial charge >= 0.3 is 11.7 Å². The van der Waals surface area contributed by atoms with Crippen molar-refractivity contribution in [1.82, 2.24) is 25.1 Å². The summed E-state index contributed by atoms with van der Waals surface area (Å²) in [6.45, 7) is 7.57. The molecule has 2 fully saturated rings. The Balaban J connectivity index is 1.16. The number of urea groups is 1. The Labute approximate surface area is 263 Å². The molecule has 45 heavy (non-hydrogen) atoms. The number of hydrogen-bond donors (Lipinski definition) is 4. The number of amides is 2. The molecule has 238 valence electrons. The van der Waals surface area contributed by atoms with Crippen LogP contribution in [0.1, 0.15) is 67.4 Å². The number of aromatic amines is 1. The molecule has 3 heterocycles. The number of benzene rings is 3. The average Bonchev–Trinajstić information content (AvgIpc) is 3.41. The van der Waals surface area contributed by atoms with Gasteiger partial charge in [0, 0.05) is 50.2 Å². The first-order valence-electron chi connectivity index (χ1n) is 16.0. The summed E-state index contributed by atoms with van der Waals surface area (Å²) in [5.41, 5.74) is 5.62. The SMILES string of the molecule is CCNC(=O)NCc1ccc(C2OC(CN3CCC(n4c(=O)[nH]c5ccccc54)CC3)C(C)C(c3ccc(CO)cc3)O2)cc1. The van der Waals surface area contributed by atoms with E-state index >= 15 is 0 Å². The van der Waals surface area contributed by atoms with E-state index in [1.165, 1.54) is 0 Å². The van der Waals surface area contributed by atoms with Gasteiger partial charge in [-0.25, -0.2) is 9.59 Å². The molecule has 4 unspecified atom stereocenters. The van der Waals surface area contributed by atoms with Crippen molar-refractivity contribution < 1.29 is 19.4 Å². The predicted molar refractivity (Wildman–Crippen MR) is 173 cm³/mol. The maximum Gasteiger partial charge on any atom is 0.326 e. The molecule has 4 atom stereocenters. The molecule has 2 amide bonds. The Morgan fingerprint density at radius 1 is 0.933 bits per heavy atom. The predicted octanol–water partition coefficient (Wildman–Crippen LogP) is 4.77. The van der Waals surface area contributed by atoms with E-state index in [9.17, 15) is 14.7 Å². The molecule has 10 nitrogen and oxygen atoms in total. The highest BCUT2D eigenvalue weighted by atomic mass is 16.7. The Bertz CT molecular complexity index is 1620. The number of aliphatic hydroxyl groups excluding tert-OH is 1. The molecule has 2 aliphatic heterocycles. The second-order valence-corrected chi connectivity index (χ2v) is 12.1. The van der Waals surface area contributed by atoms with Gasteiger partial charge in [-0.15, -0.1) is 0 Å². The lowest BCUT2D eigenvalue weighted by Crippen LogP contribution is -2.47. The maximum absolute atomic E-state index is 12.8. The minimum absolute atomic E-state index is 0.00233. The van der Waals surface area contributed by atoms with Gasteiger partial charge in [-0.2, -0.15) is 0 Å². The largest absolute Gasteiger partial charge is 0.392 e. The standard InChI is InChI=1S/C35H43N5O5/c1-3-36-34(42)37-20-24-8-14-27(15-9-24)33-44-31(23(2)32(45-33)26-12-10-25(22-41)11-13-26)21-39-18-16-28(17-19-39)40-30-7-5-4-6-29(30)38-35(40)43/h4-15,23,28,31-33,41H,3,16-22H2,1-2H3,(H,38,43)(H2,36,37,42). The van der Waals surface area contributed by atoms with Crippen molar-refractivity contribution in [3.8, 4) is 0 Å². The Hall–Kier alpha value is -3.96. The summed E-state index contributed by atoms with van der Waals surface area (Å²) in [6, 6.07) is 23.8. The fraction of sp³-hybridized carbons (Fsp3) is 0.429. The fourth-order valence-electron chi connectivity index (χ4n) is 6.58. The highest BCUT2D eigenvalue weighted by Gasteiger charge is 2.39. The number of carbonyl (C=O) groups excluding carboxylic acids is 1. The smallest absolute Gasteiger partial charge is 0.326 e. The first-order chi connectivity index (χ1) is 21.9. The summed E-state index contributed by atoms with van der Waals surface area (Å²) < 4.78 is 15.2. The molecule has 2 aliphatic rings. The van der Waals surface area contributed by atoms with Crippen LogP contribution >= 0.6 is 0 Å². The van der Waals surface area contributed by atoms with Crippen LogP contribution in [0.5, 0.6) is 0 Å². The third kappa shape index (κ3) is 6.99. The van der Waals surface area contributed by atoms with E-state index in [4.69, 9.17) is 9.47 Å². The van der Waals surface area contributed by atoms with E-state index in [1.54, 1.807) is 0 Å². The lowest BCUT2D eigenvalue weighted by Gasteiger charge is -2.44. The number of imidazole rings is 1. The monoisotopic (exact) mass is 613 g/mol. The van der Waals surface area contributed by atoms with Crippen LogP contribution in [0.2, 0.25) is 0 Å². The number of carbonyl (C=O) groups is 1. The minimum atomic E-state index is -0.554. The number of fused-ring (bicyclic) bond motifs is 1. The second kappa shape index (κ2) is 14.0. The molecular formula is C35H43N5O5. The molecule has 6 rings (SSSR count). The van der Waals surface area contributed by atoms with Crippen molar-refractivity contribution in [2.24, 2.45) is 5.92 Å². The molecule has 0 spiro atoms. The van der Waals surface area contributed by atoms with Crippen LogP contribution in [-0.4, -0.2) is 57.9 Å². The van der Waals surface area contributed by atoms with Crippen LogP contribution in [0, 0.1) is 5.92 Å². The summed E-state index contributed by atoms with van der Waals surface area (Å²) in [5.74, 6) is 0.0794. The number of H-pyrrole nitrogens is 1. The number of para-hydroxylation sites is 2. The van der Waals surface area contributed by atoms with Crippen LogP contribution in [0.25, 0.3) is 11.0 Å². The Morgan fingerprint density at radius 3 is 2.33 bits per heavy atom. The summed E-state index contributed by atoms with van der Waals surface area (Å²) >= 11 is 0. The van der Waals surface area contributed by atoms with Crippen molar-refractivity contribution in [3.63, 3.8) is 0 Å². The van der Waals surface area contributed by atoms with Crippen LogP contribution in [-0.2, 0) is 22.6 Å². The summed E-state index contributed by atoms with van der Waals surface area (Å²) in [5, 5.41) is 15.2. The zero-order valence-electron chi connectivity index (χ0n) is 25.9. The number of nitrogens with zero attached hydrogens (tertiary/aromatic N) is 2. The van der Waals surface area contributed by atoms with E-state index in [0.717, 1.165) is 65.8 Å². The molecule has 0 saturated carbocycles. The highest BCUT2D eigenvalue weighted by molar-refractivity contribution is 5.75. The van der Waals surface area contributed by atoms with Gasteiger partial charge in [-0.05, 0) is 48.6 Å². The quantitative estimate of drug-likeness (QED) is 0.216. The van der Waals surface area contributed by atoms with E-state index in [0.29, 0.717) is 13.1 Å². The van der Waals surface area contributed by atoms with E-state index in [2.05, 4.69) is 27.4 Å². The molecule has 4 aromatic rings. The summed E-state index contributed by atoms with van der Waals surface area (Å²) in [4.78, 5) is 30.1. The molecule has 0 radical (unpaired) electrons. The molecule has 0 aliphatic carbocycles. The summed E-state index contributed by atoms with van der Waals surface area (Å²) in [7, 11) is 0. The molecule has 2 saturated heterocycles. The minimum Gasteiger partial charge on any atom is -0.392 e. The van der Waals surface area contributed by atoms with E-state index in [-0.39, 0.29) is 42.5 Å². The number of aliphatic hydroxyl groups is 1. The van der Waals surface area contributed by atoms with Gasteiger partial charge < -0.3 is 35.1 Å². The van der Waals surface area contributed by atoms with Gasteiger partial charge in [-0.3, -0.25) is 4.57 Å². The Kier molecular flexibility index (Phi) is 9.65. The normalized spacial score (nSPS) is 22.8. The fourth-order valence-corrected chi connectivity index (χ4v) is 6.58. The number of rotatable bonds is 9. The number of hydrogen-bond acceptors (Lipinski definition) is 6. The van der Waals surface area contributed by atoms with Gasteiger partial charge in [-0.1, -0.05) is 67.6 Å². The average molecular weight is 614 g/mol. The van der Waals surface area contributed by atoms with Crippen molar-refractivity contribution in [3.05, 3.63) is 106 Å². The molecule has 3 aromatic carbocycles. The lowest BCUT2D eigenvalue weighted by molar-refractivity contribution is -0.276. The highest BCUT2D eigenvalue weighted by Crippen LogP contribution is 2.42. The third-order valence-corrected chi connectivity index (χ3v) is 9.15. The van der Waals surface area contributed by atoms with Crippen LogP contribution in [0.15, 0.2) is 77.6 Å². The van der Waals surface area contributed by atoms with Gasteiger partial charge in [0.05, 0.1) is 29.8 Å². The molecular weight excluding hydrogens is 570 g/mol. The number of aromatic nitrogens is 2. The first kappa shape index (κ1) is 31.0. The first-order valence-corrected chi connectivity index (χ1v) is 16.0. The lowest BCUT2D eigenvalue weighted by atomic mass is 9.89. The van der Waals surface area contributed by atoms with Crippen molar-refractivity contribution >= 4 is 17.1 Å². The van der Waals surface area contributed by atoms with Crippen LogP contribution in [0.3, 0.4) is 0 Å².